The molecule has 1 fully saturated rings. The Bertz CT molecular complexity index is 1240. The van der Waals surface area contributed by atoms with Crippen LogP contribution in [-0.4, -0.2) is 35.5 Å². The molecular formula is C25H25N5O2W. The van der Waals surface area contributed by atoms with Crippen LogP contribution in [0.25, 0.3) is 5.69 Å². The third-order valence-corrected chi connectivity index (χ3v) is 6.93. The van der Waals surface area contributed by atoms with Gasteiger partial charge in [0, 0.05) is 5.92 Å². The normalized spacial score (nSPS) is 17.5. The number of nitrogens with zero attached hydrogens (tertiary/aromatic N) is 4. The van der Waals surface area contributed by atoms with Crippen LogP contribution in [0.3, 0.4) is 0 Å². The third kappa shape index (κ3) is 5.20. The van der Waals surface area contributed by atoms with Gasteiger partial charge in [-0.05, 0) is 12.8 Å². The van der Waals surface area contributed by atoms with Gasteiger partial charge in [0.05, 0.1) is 5.69 Å². The quantitative estimate of drug-likeness (QED) is 0.483. The van der Waals surface area contributed by atoms with Crippen LogP contribution >= 0.6 is 0 Å². The first-order valence-electron chi connectivity index (χ1n) is 11.1. The number of aromatic nitrogens is 4. The molecule has 0 saturated heterocycles. The first-order chi connectivity index (χ1) is 16.2. The van der Waals surface area contributed by atoms with Gasteiger partial charge in [-0.15, -0.1) is 0 Å². The SMILES string of the molecule is O=C1NC=CC=C[C](=[W])c2nccn2CCCOCc2ccc(-n3cnc(C4CC4)c3)cc21. The van der Waals surface area contributed by atoms with E-state index in [0.717, 1.165) is 39.6 Å². The van der Waals surface area contributed by atoms with E-state index in [0.29, 0.717) is 24.7 Å². The molecule has 2 aromatic heterocycles. The Morgan fingerprint density at radius 3 is 2.97 bits per heavy atom. The fourth-order valence-corrected chi connectivity index (χ4v) is 4.73. The number of nitrogens with one attached hydrogen (secondary N) is 1. The molecule has 0 spiro atoms. The number of carbonyl (C=O) groups is 1. The number of hydrogen-bond donors (Lipinski definition) is 1. The molecule has 1 amide bonds. The predicted octanol–water partition coefficient (Wildman–Crippen LogP) is 3.43. The van der Waals surface area contributed by atoms with Gasteiger partial charge in [-0.3, -0.25) is 0 Å². The molecule has 33 heavy (non-hydrogen) atoms. The molecular weight excluding hydrogens is 586 g/mol. The van der Waals surface area contributed by atoms with Gasteiger partial charge >= 0.3 is 174 Å². The van der Waals surface area contributed by atoms with E-state index >= 15 is 0 Å². The summed E-state index contributed by atoms with van der Waals surface area (Å²) < 4.78 is 11.2. The van der Waals surface area contributed by atoms with Crippen LogP contribution in [-0.2, 0) is 37.2 Å². The number of ether oxygens (including phenoxy) is 1. The number of benzene rings is 1. The zero-order valence-electron chi connectivity index (χ0n) is 18.2. The first-order valence-corrected chi connectivity index (χ1v) is 12.6. The number of imidazole rings is 2. The maximum atomic E-state index is 13.0. The molecule has 2 aliphatic rings. The van der Waals surface area contributed by atoms with Crippen LogP contribution in [0.5, 0.6) is 0 Å². The van der Waals surface area contributed by atoms with Crippen molar-refractivity contribution < 1.29 is 28.9 Å². The van der Waals surface area contributed by atoms with Crippen molar-refractivity contribution in [3.05, 3.63) is 90.2 Å². The Balaban J connectivity index is 1.39. The Morgan fingerprint density at radius 2 is 2.09 bits per heavy atom. The monoisotopic (exact) mass is 611 g/mol. The third-order valence-electron chi connectivity index (χ3n) is 5.78. The topological polar surface area (TPSA) is 74.0 Å². The molecule has 7 nitrogen and oxygen atoms in total. The van der Waals surface area contributed by atoms with Crippen molar-refractivity contribution in [1.82, 2.24) is 24.4 Å². The number of rotatable bonds is 2. The summed E-state index contributed by atoms with van der Waals surface area (Å²) in [5.41, 5.74) is 3.52. The Hall–Kier alpha value is -2.89. The number of fused-ring (bicyclic) bond motifs is 2. The summed E-state index contributed by atoms with van der Waals surface area (Å²) in [7, 11) is 0. The number of carbonyl (C=O) groups excluding carboxylic acids is 1. The van der Waals surface area contributed by atoms with Crippen LogP contribution in [0.4, 0.5) is 0 Å². The van der Waals surface area contributed by atoms with E-state index in [-0.39, 0.29) is 5.91 Å². The maximum absolute atomic E-state index is 13.0. The van der Waals surface area contributed by atoms with Gasteiger partial charge in [-0.2, -0.15) is 0 Å². The van der Waals surface area contributed by atoms with Crippen LogP contribution < -0.4 is 5.32 Å². The Morgan fingerprint density at radius 1 is 1.18 bits per heavy atom. The summed E-state index contributed by atoms with van der Waals surface area (Å²) >= 11 is 1.34. The molecule has 3 aromatic rings. The number of allylic oxidation sites excluding steroid dienone is 3. The molecule has 168 valence electrons. The van der Waals surface area contributed by atoms with Gasteiger partial charge in [0.1, 0.15) is 0 Å². The standard InChI is InChI=1S/C25H25N5O2.W/c31-25-22-15-21(30-16-23(28-18-30)19-6-7-19)9-8-20(22)17-32-14-4-12-29-13-11-26-24(29)5-2-1-3-10-27-25;/h1-3,8-11,13,15-16,18-19H,4,6-7,12,14,17H2,(H,27,31);. The summed E-state index contributed by atoms with van der Waals surface area (Å²) in [5, 5.41) is 2.89. The van der Waals surface area contributed by atoms with Gasteiger partial charge in [-0.25, -0.2) is 4.98 Å². The Labute approximate surface area is 203 Å². The van der Waals surface area contributed by atoms with Gasteiger partial charge in [0.25, 0.3) is 0 Å². The first kappa shape index (κ1) is 21.9. The van der Waals surface area contributed by atoms with Crippen LogP contribution in [0, 0.1) is 0 Å². The van der Waals surface area contributed by atoms with Crippen molar-refractivity contribution in [2.24, 2.45) is 0 Å². The minimum atomic E-state index is -0.156. The molecule has 5 rings (SSSR count). The van der Waals surface area contributed by atoms with E-state index in [1.165, 1.54) is 32.2 Å². The van der Waals surface area contributed by atoms with Gasteiger partial charge in [-0.1, -0.05) is 0 Å². The molecule has 0 radical (unpaired) electrons. The summed E-state index contributed by atoms with van der Waals surface area (Å²) in [5.74, 6) is 1.41. The average Bonchev–Trinajstić information content (AvgIpc) is 3.36. The van der Waals surface area contributed by atoms with E-state index in [1.54, 1.807) is 6.20 Å². The van der Waals surface area contributed by atoms with E-state index in [2.05, 4.69) is 26.0 Å². The molecule has 8 heteroatoms. The fourth-order valence-electron chi connectivity index (χ4n) is 3.84. The fraction of sp³-hybridized carbons (Fsp3) is 0.280. The molecule has 1 aromatic carbocycles. The number of hydrogen-bond acceptors (Lipinski definition) is 4. The van der Waals surface area contributed by atoms with Gasteiger partial charge in [0.2, 0.25) is 0 Å². The summed E-state index contributed by atoms with van der Waals surface area (Å²) in [6.07, 6.45) is 18.5. The Kier molecular flexibility index (Phi) is 6.60. The van der Waals surface area contributed by atoms with Crippen molar-refractivity contribution in [3.8, 4) is 5.69 Å². The summed E-state index contributed by atoms with van der Waals surface area (Å²) in [4.78, 5) is 22.0. The summed E-state index contributed by atoms with van der Waals surface area (Å²) in [6.45, 7) is 1.83. The molecule has 1 saturated carbocycles. The second-order valence-electron chi connectivity index (χ2n) is 8.23. The second kappa shape index (κ2) is 9.94. The minimum absolute atomic E-state index is 0.156. The van der Waals surface area contributed by atoms with Crippen LogP contribution in [0.15, 0.2) is 67.5 Å². The molecule has 0 atom stereocenters. The molecule has 1 N–H and O–H groups in total. The van der Waals surface area contributed by atoms with E-state index in [1.807, 2.05) is 59.7 Å². The second-order valence-corrected chi connectivity index (χ2v) is 9.81. The van der Waals surface area contributed by atoms with E-state index in [9.17, 15) is 4.79 Å². The van der Waals surface area contributed by atoms with Crippen molar-refractivity contribution in [1.29, 1.82) is 0 Å². The predicted molar refractivity (Wildman–Crippen MR) is 122 cm³/mol. The molecule has 0 unspecified atom stereocenters. The van der Waals surface area contributed by atoms with E-state index < -0.39 is 0 Å². The van der Waals surface area contributed by atoms with Crippen LogP contribution in [0.2, 0.25) is 0 Å². The molecule has 3 heterocycles. The summed E-state index contributed by atoms with van der Waals surface area (Å²) in [6, 6.07) is 5.91. The molecule has 0 bridgehead atoms. The van der Waals surface area contributed by atoms with Gasteiger partial charge < -0.3 is 0 Å². The van der Waals surface area contributed by atoms with Crippen molar-refractivity contribution >= 4 is 9.81 Å². The molecule has 1 aliphatic heterocycles. The van der Waals surface area contributed by atoms with E-state index in [4.69, 9.17) is 4.74 Å². The zero-order valence-corrected chi connectivity index (χ0v) is 21.1. The molecule has 1 aliphatic carbocycles. The van der Waals surface area contributed by atoms with Crippen molar-refractivity contribution in [3.63, 3.8) is 0 Å². The van der Waals surface area contributed by atoms with Crippen LogP contribution in [0.1, 0.15) is 52.6 Å². The van der Waals surface area contributed by atoms with Crippen molar-refractivity contribution in [2.45, 2.75) is 38.3 Å². The zero-order chi connectivity index (χ0) is 22.6. The number of aryl methyl sites for hydroxylation is 1. The number of amides is 1. The van der Waals surface area contributed by atoms with Gasteiger partial charge in [0.15, 0.2) is 0 Å². The average molecular weight is 611 g/mol. The van der Waals surface area contributed by atoms with Crippen molar-refractivity contribution in [2.75, 3.05) is 6.61 Å².